The minimum atomic E-state index is -1.12. The van der Waals surface area contributed by atoms with E-state index in [0.29, 0.717) is 17.6 Å². The first-order chi connectivity index (χ1) is 12.4. The van der Waals surface area contributed by atoms with Crippen molar-refractivity contribution < 1.29 is 24.3 Å². The Hall–Kier alpha value is -2.60. The molecule has 2 unspecified atom stereocenters. The fourth-order valence-electron chi connectivity index (χ4n) is 2.12. The molecule has 140 valence electrons. The molecular formula is C14H17N5O5S2. The van der Waals surface area contributed by atoms with Gasteiger partial charge in [0.05, 0.1) is 0 Å². The topological polar surface area (TPSA) is 156 Å². The monoisotopic (exact) mass is 399 g/mol. The van der Waals surface area contributed by atoms with E-state index in [1.54, 1.807) is 6.92 Å². The molecular weight excluding hydrogens is 382 g/mol. The zero-order valence-electron chi connectivity index (χ0n) is 13.9. The Balaban J connectivity index is 2.16. The normalized spacial score (nSPS) is 18.7. The molecule has 5 N–H and O–H groups in total. The average Bonchev–Trinajstić information content (AvgIpc) is 3.03. The van der Waals surface area contributed by atoms with Crippen LogP contribution in [-0.4, -0.2) is 58.2 Å². The fraction of sp³-hybridized carbons (Fsp3) is 0.357. The van der Waals surface area contributed by atoms with Gasteiger partial charge in [0, 0.05) is 11.1 Å². The number of nitrogen functional groups attached to an aromatic ring is 1. The zero-order chi connectivity index (χ0) is 19.3. The number of amides is 1. The number of thioether (sulfide) groups is 1. The van der Waals surface area contributed by atoms with Gasteiger partial charge in [-0.25, -0.2) is 9.78 Å². The van der Waals surface area contributed by atoms with E-state index in [2.05, 4.69) is 25.6 Å². The summed E-state index contributed by atoms with van der Waals surface area (Å²) in [6, 6.07) is -0.993. The van der Waals surface area contributed by atoms with E-state index >= 15 is 0 Å². The largest absolute Gasteiger partial charge is 0.477 e. The fourth-order valence-corrected chi connectivity index (χ4v) is 3.79. The zero-order valence-corrected chi connectivity index (χ0v) is 15.5. The van der Waals surface area contributed by atoms with Crippen molar-refractivity contribution in [3.8, 4) is 0 Å². The maximum atomic E-state index is 12.5. The number of carbonyl (C=O) groups excluding carboxylic acids is 2. The second-order valence-electron chi connectivity index (χ2n) is 5.17. The number of aromatic nitrogens is 1. The molecule has 1 aliphatic rings. The number of rotatable bonds is 7. The summed E-state index contributed by atoms with van der Waals surface area (Å²) in [5, 5.41) is 19.3. The second kappa shape index (κ2) is 8.67. The van der Waals surface area contributed by atoms with E-state index in [9.17, 15) is 19.5 Å². The second-order valence-corrected chi connectivity index (χ2v) is 7.18. The number of nitrogens with one attached hydrogen (secondary N) is 2. The smallest absolute Gasteiger partial charge is 0.351 e. The average molecular weight is 399 g/mol. The summed E-state index contributed by atoms with van der Waals surface area (Å²) in [5.41, 5.74) is 6.30. The lowest BCUT2D eigenvalue weighted by Crippen LogP contribution is -2.53. The highest BCUT2D eigenvalue weighted by atomic mass is 32.2. The molecule has 0 aromatic carbocycles. The number of thiazole rings is 1. The van der Waals surface area contributed by atoms with Crippen molar-refractivity contribution in [1.29, 1.82) is 0 Å². The number of nitrogens with two attached hydrogens (primary N) is 1. The van der Waals surface area contributed by atoms with Crippen molar-refractivity contribution in [2.45, 2.75) is 18.3 Å². The van der Waals surface area contributed by atoms with Gasteiger partial charge in [0.15, 0.2) is 10.8 Å². The van der Waals surface area contributed by atoms with Crippen LogP contribution in [0, 0.1) is 0 Å². The molecule has 0 radical (unpaired) electrons. The number of oxime groups is 1. The molecule has 12 heteroatoms. The van der Waals surface area contributed by atoms with Gasteiger partial charge < -0.3 is 31.1 Å². The predicted molar refractivity (Wildman–Crippen MR) is 97.8 cm³/mol. The highest BCUT2D eigenvalue weighted by Gasteiger charge is 2.31. The molecule has 1 amide bonds. The number of anilines is 1. The molecule has 10 nitrogen and oxygen atoms in total. The first-order valence-corrected chi connectivity index (χ1v) is 9.20. The number of hydrogen-bond acceptors (Lipinski definition) is 10. The standard InChI is InChI=1S/C14H17N5O5S2/c1-6-4-25-12(18-9(6)13(22)23)7(3-20)16-11(21)10(19-24-2)8-5-26-14(15)17-8/h3,5,7,12,18H,4H2,1-2H3,(H2,15,17)(H,16,21)(H,22,23)/b19-10-. The Morgan fingerprint density at radius 2 is 2.35 bits per heavy atom. The summed E-state index contributed by atoms with van der Waals surface area (Å²) >= 11 is 2.43. The van der Waals surface area contributed by atoms with Crippen molar-refractivity contribution in [1.82, 2.24) is 15.6 Å². The van der Waals surface area contributed by atoms with Gasteiger partial charge in [-0.05, 0) is 12.5 Å². The van der Waals surface area contributed by atoms with Crippen LogP contribution in [0.15, 0.2) is 21.8 Å². The lowest BCUT2D eigenvalue weighted by atomic mass is 10.2. The lowest BCUT2D eigenvalue weighted by Gasteiger charge is -2.30. The van der Waals surface area contributed by atoms with Crippen molar-refractivity contribution in [3.63, 3.8) is 0 Å². The van der Waals surface area contributed by atoms with Gasteiger partial charge in [-0.3, -0.25) is 4.79 Å². The molecule has 0 saturated heterocycles. The quantitative estimate of drug-likeness (QED) is 0.276. The van der Waals surface area contributed by atoms with Gasteiger partial charge in [-0.1, -0.05) is 5.16 Å². The summed E-state index contributed by atoms with van der Waals surface area (Å²) in [4.78, 5) is 43.9. The van der Waals surface area contributed by atoms with Crippen LogP contribution in [0.4, 0.5) is 5.13 Å². The number of carboxylic acid groups (broad SMARTS) is 1. The predicted octanol–water partition coefficient (Wildman–Crippen LogP) is -0.219. The minimum absolute atomic E-state index is 0.0212. The maximum absolute atomic E-state index is 12.5. The molecule has 1 aromatic heterocycles. The summed E-state index contributed by atoms with van der Waals surface area (Å²) in [7, 11) is 1.27. The number of aldehydes is 1. The number of nitrogens with zero attached hydrogens (tertiary/aromatic N) is 2. The SMILES string of the molecule is CO/N=C(\C(=O)NC(C=O)C1NC(C(=O)O)=C(C)CS1)c1csc(N)n1. The summed E-state index contributed by atoms with van der Waals surface area (Å²) in [6.07, 6.45) is 0.530. The third kappa shape index (κ3) is 4.52. The van der Waals surface area contributed by atoms with Crippen molar-refractivity contribution in [2.24, 2.45) is 5.16 Å². The molecule has 1 aromatic rings. The van der Waals surface area contributed by atoms with E-state index in [1.807, 2.05) is 0 Å². The molecule has 26 heavy (non-hydrogen) atoms. The van der Waals surface area contributed by atoms with Gasteiger partial charge in [0.2, 0.25) is 0 Å². The van der Waals surface area contributed by atoms with Crippen LogP contribution in [0.3, 0.4) is 0 Å². The first kappa shape index (κ1) is 19.7. The van der Waals surface area contributed by atoms with E-state index in [0.717, 1.165) is 11.3 Å². The van der Waals surface area contributed by atoms with Crippen LogP contribution in [0.5, 0.6) is 0 Å². The first-order valence-electron chi connectivity index (χ1n) is 7.27. The maximum Gasteiger partial charge on any atom is 0.351 e. The number of carboxylic acids is 1. The molecule has 2 heterocycles. The van der Waals surface area contributed by atoms with Crippen LogP contribution in [0.1, 0.15) is 12.6 Å². The molecule has 1 aliphatic heterocycles. The number of hydrogen-bond donors (Lipinski definition) is 4. The minimum Gasteiger partial charge on any atom is -0.477 e. The van der Waals surface area contributed by atoms with E-state index in [-0.39, 0.29) is 22.2 Å². The third-order valence-corrected chi connectivity index (χ3v) is 5.38. The Bertz CT molecular complexity index is 776. The van der Waals surface area contributed by atoms with Crippen molar-refractivity contribution >= 4 is 52.1 Å². The molecule has 0 aliphatic carbocycles. The van der Waals surface area contributed by atoms with Gasteiger partial charge in [0.25, 0.3) is 5.91 Å². The lowest BCUT2D eigenvalue weighted by molar-refractivity contribution is -0.133. The van der Waals surface area contributed by atoms with Crippen molar-refractivity contribution in [3.05, 3.63) is 22.3 Å². The van der Waals surface area contributed by atoms with E-state index < -0.39 is 23.3 Å². The van der Waals surface area contributed by atoms with Gasteiger partial charge in [-0.15, -0.1) is 23.1 Å². The third-order valence-electron chi connectivity index (χ3n) is 3.34. The number of aliphatic carboxylic acids is 1. The van der Waals surface area contributed by atoms with Gasteiger partial charge in [0.1, 0.15) is 36.2 Å². The van der Waals surface area contributed by atoms with Crippen LogP contribution >= 0.6 is 23.1 Å². The van der Waals surface area contributed by atoms with E-state index in [1.165, 1.54) is 24.3 Å². The molecule has 0 spiro atoms. The Morgan fingerprint density at radius 3 is 2.88 bits per heavy atom. The van der Waals surface area contributed by atoms with Crippen LogP contribution < -0.4 is 16.4 Å². The van der Waals surface area contributed by atoms with Crippen molar-refractivity contribution in [2.75, 3.05) is 18.6 Å². The van der Waals surface area contributed by atoms with Crippen LogP contribution in [0.25, 0.3) is 0 Å². The van der Waals surface area contributed by atoms with Crippen LogP contribution in [-0.2, 0) is 19.2 Å². The summed E-state index contributed by atoms with van der Waals surface area (Å²) < 4.78 is 0. The summed E-state index contributed by atoms with van der Waals surface area (Å²) in [5.74, 6) is -1.40. The Kier molecular flexibility index (Phi) is 6.58. The van der Waals surface area contributed by atoms with Crippen LogP contribution in [0.2, 0.25) is 0 Å². The Morgan fingerprint density at radius 1 is 1.62 bits per heavy atom. The molecule has 2 atom stereocenters. The van der Waals surface area contributed by atoms with Gasteiger partial charge in [-0.2, -0.15) is 0 Å². The molecule has 2 rings (SSSR count). The Labute approximate surface area is 156 Å². The molecule has 0 saturated carbocycles. The number of carbonyl (C=O) groups is 3. The molecule has 0 bridgehead atoms. The highest BCUT2D eigenvalue weighted by molar-refractivity contribution is 8.00. The molecule has 0 fully saturated rings. The van der Waals surface area contributed by atoms with E-state index in [4.69, 9.17) is 5.73 Å². The summed E-state index contributed by atoms with van der Waals surface area (Å²) in [6.45, 7) is 1.68. The highest BCUT2D eigenvalue weighted by Crippen LogP contribution is 2.24. The van der Waals surface area contributed by atoms with Gasteiger partial charge >= 0.3 is 5.97 Å².